The third-order valence-corrected chi connectivity index (χ3v) is 5.84. The summed E-state index contributed by atoms with van der Waals surface area (Å²) in [5.41, 5.74) is 3.01. The third-order valence-electron chi connectivity index (χ3n) is 4.66. The predicted molar refractivity (Wildman–Crippen MR) is 122 cm³/mol. The van der Waals surface area contributed by atoms with Gasteiger partial charge in [-0.05, 0) is 52.2 Å². The maximum absolute atomic E-state index is 12.8. The van der Waals surface area contributed by atoms with Crippen molar-refractivity contribution in [2.45, 2.75) is 17.6 Å². The van der Waals surface area contributed by atoms with Gasteiger partial charge < -0.3 is 5.32 Å². The van der Waals surface area contributed by atoms with Crippen LogP contribution in [0.1, 0.15) is 17.2 Å². The van der Waals surface area contributed by atoms with Crippen LogP contribution in [0, 0.1) is 0 Å². The summed E-state index contributed by atoms with van der Waals surface area (Å²) in [7, 11) is 0. The van der Waals surface area contributed by atoms with Gasteiger partial charge in [0, 0.05) is 5.02 Å². The van der Waals surface area contributed by atoms with Crippen molar-refractivity contribution < 1.29 is 4.79 Å². The molecule has 0 aliphatic heterocycles. The van der Waals surface area contributed by atoms with Crippen molar-refractivity contribution in [1.29, 1.82) is 0 Å². The van der Waals surface area contributed by atoms with E-state index in [0.29, 0.717) is 16.6 Å². The first kappa shape index (κ1) is 21.1. The van der Waals surface area contributed by atoms with Gasteiger partial charge in [-0.25, -0.2) is 0 Å². The molecule has 1 atom stereocenters. The van der Waals surface area contributed by atoms with E-state index in [-0.39, 0.29) is 17.7 Å². The van der Waals surface area contributed by atoms with Gasteiger partial charge in [-0.1, -0.05) is 84.0 Å². The number of aromatic nitrogens is 4. The van der Waals surface area contributed by atoms with E-state index in [9.17, 15) is 4.79 Å². The zero-order valence-corrected chi connectivity index (χ0v) is 18.1. The molecule has 0 fully saturated rings. The molecule has 0 saturated carbocycles. The molecule has 3 aromatic carbocycles. The average Bonchev–Trinajstić information content (AvgIpc) is 3.28. The van der Waals surface area contributed by atoms with Crippen LogP contribution in [0.5, 0.6) is 0 Å². The minimum absolute atomic E-state index is 0.0829. The molecule has 1 amide bonds. The fourth-order valence-electron chi connectivity index (χ4n) is 3.17. The summed E-state index contributed by atoms with van der Waals surface area (Å²) in [6.45, 7) is 0. The minimum atomic E-state index is -0.121. The topological polar surface area (TPSA) is 72.7 Å². The molecular formula is C23H20ClN5OS. The van der Waals surface area contributed by atoms with Gasteiger partial charge in [-0.3, -0.25) is 4.79 Å². The third kappa shape index (κ3) is 5.71. The Balaban J connectivity index is 1.43. The van der Waals surface area contributed by atoms with Gasteiger partial charge in [-0.2, -0.15) is 4.68 Å². The van der Waals surface area contributed by atoms with E-state index in [4.69, 9.17) is 11.6 Å². The Morgan fingerprint density at radius 2 is 1.65 bits per heavy atom. The Labute approximate surface area is 189 Å². The second kappa shape index (κ2) is 10.2. The maximum atomic E-state index is 12.8. The van der Waals surface area contributed by atoms with Crippen molar-refractivity contribution >= 4 is 29.3 Å². The van der Waals surface area contributed by atoms with Crippen LogP contribution in [0.4, 0.5) is 0 Å². The summed E-state index contributed by atoms with van der Waals surface area (Å²) in [5.74, 6) is 0.118. The number of hydrogen-bond donors (Lipinski definition) is 1. The summed E-state index contributed by atoms with van der Waals surface area (Å²) in [6.07, 6.45) is 0.712. The smallest absolute Gasteiger partial charge is 0.230 e. The highest BCUT2D eigenvalue weighted by molar-refractivity contribution is 7.99. The number of thioether (sulfide) groups is 1. The lowest BCUT2D eigenvalue weighted by Crippen LogP contribution is -2.31. The molecular weight excluding hydrogens is 430 g/mol. The number of nitrogens with one attached hydrogen (secondary N) is 1. The Morgan fingerprint density at radius 1 is 0.968 bits per heavy atom. The van der Waals surface area contributed by atoms with Gasteiger partial charge >= 0.3 is 0 Å². The molecule has 1 N–H and O–H groups in total. The van der Waals surface area contributed by atoms with Crippen molar-refractivity contribution in [2.24, 2.45) is 0 Å². The van der Waals surface area contributed by atoms with Gasteiger partial charge in [0.2, 0.25) is 11.1 Å². The predicted octanol–water partition coefficient (Wildman–Crippen LogP) is 4.51. The van der Waals surface area contributed by atoms with E-state index in [0.717, 1.165) is 16.8 Å². The number of rotatable bonds is 8. The van der Waals surface area contributed by atoms with E-state index in [2.05, 4.69) is 33.0 Å². The number of amides is 1. The van der Waals surface area contributed by atoms with Gasteiger partial charge in [-0.15, -0.1) is 5.10 Å². The highest BCUT2D eigenvalue weighted by Crippen LogP contribution is 2.21. The zero-order chi connectivity index (χ0) is 21.5. The van der Waals surface area contributed by atoms with Gasteiger partial charge in [0.15, 0.2) is 0 Å². The quantitative estimate of drug-likeness (QED) is 0.401. The molecule has 1 unspecified atom stereocenters. The van der Waals surface area contributed by atoms with E-state index in [1.807, 2.05) is 60.7 Å². The van der Waals surface area contributed by atoms with Crippen LogP contribution in [-0.4, -0.2) is 31.9 Å². The SMILES string of the molecule is O=C(CSc1nnnn1-c1ccc(Cl)cc1)NC(Cc1ccccc1)c1ccccc1. The molecule has 0 spiro atoms. The van der Waals surface area contributed by atoms with E-state index < -0.39 is 0 Å². The lowest BCUT2D eigenvalue weighted by Gasteiger charge is -2.19. The summed E-state index contributed by atoms with van der Waals surface area (Å²) >= 11 is 7.24. The summed E-state index contributed by atoms with van der Waals surface area (Å²) < 4.78 is 1.59. The second-order valence-corrected chi connectivity index (χ2v) is 8.24. The van der Waals surface area contributed by atoms with Crippen LogP contribution in [0.25, 0.3) is 5.69 Å². The Morgan fingerprint density at radius 3 is 2.35 bits per heavy atom. The highest BCUT2D eigenvalue weighted by atomic mass is 35.5. The first-order valence-electron chi connectivity index (χ1n) is 9.74. The van der Waals surface area contributed by atoms with Crippen LogP contribution in [-0.2, 0) is 11.2 Å². The zero-order valence-electron chi connectivity index (χ0n) is 16.6. The van der Waals surface area contributed by atoms with Crippen molar-refractivity contribution in [2.75, 3.05) is 5.75 Å². The van der Waals surface area contributed by atoms with Crippen molar-refractivity contribution in [3.05, 3.63) is 101 Å². The molecule has 0 aliphatic carbocycles. The van der Waals surface area contributed by atoms with Crippen LogP contribution in [0.3, 0.4) is 0 Å². The Hall–Kier alpha value is -3.16. The molecule has 0 radical (unpaired) electrons. The number of halogens is 1. The van der Waals surface area contributed by atoms with Gasteiger partial charge in [0.1, 0.15) is 0 Å². The fourth-order valence-corrected chi connectivity index (χ4v) is 3.99. The first-order chi connectivity index (χ1) is 15.2. The standard InChI is InChI=1S/C23H20ClN5OS/c24-19-11-13-20(14-12-19)29-23(26-27-28-29)31-16-22(30)25-21(18-9-5-2-6-10-18)15-17-7-3-1-4-8-17/h1-14,21H,15-16H2,(H,25,30). The van der Waals surface area contributed by atoms with Crippen molar-refractivity contribution in [3.63, 3.8) is 0 Å². The highest BCUT2D eigenvalue weighted by Gasteiger charge is 2.17. The van der Waals surface area contributed by atoms with Crippen molar-refractivity contribution in [3.8, 4) is 5.69 Å². The number of nitrogens with zero attached hydrogens (tertiary/aromatic N) is 4. The molecule has 8 heteroatoms. The average molecular weight is 450 g/mol. The number of tetrazole rings is 1. The lowest BCUT2D eigenvalue weighted by molar-refractivity contribution is -0.119. The molecule has 4 rings (SSSR count). The Kier molecular flexibility index (Phi) is 6.96. The summed E-state index contributed by atoms with van der Waals surface area (Å²) in [4.78, 5) is 12.8. The van der Waals surface area contributed by atoms with E-state index >= 15 is 0 Å². The largest absolute Gasteiger partial charge is 0.348 e. The van der Waals surface area contributed by atoms with Crippen molar-refractivity contribution in [1.82, 2.24) is 25.5 Å². The molecule has 6 nitrogen and oxygen atoms in total. The van der Waals surface area contributed by atoms with Crippen LogP contribution in [0.2, 0.25) is 5.02 Å². The maximum Gasteiger partial charge on any atom is 0.230 e. The van der Waals surface area contributed by atoms with Crippen LogP contribution < -0.4 is 5.32 Å². The monoisotopic (exact) mass is 449 g/mol. The normalized spacial score (nSPS) is 11.8. The molecule has 1 aromatic heterocycles. The van der Waals surface area contributed by atoms with Gasteiger partial charge in [0.25, 0.3) is 0 Å². The van der Waals surface area contributed by atoms with E-state index in [1.165, 1.54) is 11.8 Å². The van der Waals surface area contributed by atoms with Crippen LogP contribution >= 0.6 is 23.4 Å². The Bertz CT molecular complexity index is 1120. The number of carbonyl (C=O) groups excluding carboxylic acids is 1. The second-order valence-electron chi connectivity index (χ2n) is 6.86. The first-order valence-corrected chi connectivity index (χ1v) is 11.1. The number of hydrogen-bond acceptors (Lipinski definition) is 5. The minimum Gasteiger partial charge on any atom is -0.348 e. The van der Waals surface area contributed by atoms with Crippen LogP contribution in [0.15, 0.2) is 90.1 Å². The van der Waals surface area contributed by atoms with E-state index in [1.54, 1.807) is 16.8 Å². The molecule has 1 heterocycles. The molecule has 0 bridgehead atoms. The molecule has 0 aliphatic rings. The summed E-state index contributed by atoms with van der Waals surface area (Å²) in [6, 6.07) is 27.2. The molecule has 4 aromatic rings. The summed E-state index contributed by atoms with van der Waals surface area (Å²) in [5, 5.41) is 16.1. The van der Waals surface area contributed by atoms with Gasteiger partial charge in [0.05, 0.1) is 17.5 Å². The molecule has 156 valence electrons. The number of benzene rings is 3. The lowest BCUT2D eigenvalue weighted by atomic mass is 9.99. The molecule has 31 heavy (non-hydrogen) atoms. The fraction of sp³-hybridized carbons (Fsp3) is 0.130. The number of carbonyl (C=O) groups is 1. The molecule has 0 saturated heterocycles.